The Labute approximate surface area is 397 Å². The summed E-state index contributed by atoms with van der Waals surface area (Å²) in [5.41, 5.74) is 0. The lowest BCUT2D eigenvalue weighted by Gasteiger charge is -2.18. The van der Waals surface area contributed by atoms with E-state index >= 15 is 0 Å². The maximum absolute atomic E-state index is 12.8. The van der Waals surface area contributed by atoms with Gasteiger partial charge in [0.05, 0.1) is 6.61 Å². The van der Waals surface area contributed by atoms with E-state index in [9.17, 15) is 9.59 Å². The average molecular weight is 893 g/mol. The summed E-state index contributed by atoms with van der Waals surface area (Å²) in [6.45, 7) is 7.74. The lowest BCUT2D eigenvalue weighted by atomic mass is 10.0. The van der Waals surface area contributed by atoms with Crippen LogP contribution in [0.3, 0.4) is 0 Å². The molecule has 0 aromatic carbocycles. The monoisotopic (exact) mass is 893 g/mol. The molecule has 0 amide bonds. The molecule has 0 fully saturated rings. The van der Waals surface area contributed by atoms with E-state index in [2.05, 4.69) is 93.7 Å². The molecule has 0 saturated heterocycles. The first-order valence-electron chi connectivity index (χ1n) is 27.5. The van der Waals surface area contributed by atoms with E-state index in [4.69, 9.17) is 14.2 Å². The first-order valence-corrected chi connectivity index (χ1v) is 27.5. The highest BCUT2D eigenvalue weighted by molar-refractivity contribution is 5.70. The quantitative estimate of drug-likeness (QED) is 0.0346. The number of allylic oxidation sites excluding steroid dienone is 12. The highest BCUT2D eigenvalue weighted by Crippen LogP contribution is 2.15. The van der Waals surface area contributed by atoms with E-state index in [0.29, 0.717) is 19.4 Å². The molecular weight excluding hydrogens is 789 g/mol. The number of carbonyl (C=O) groups is 2. The van der Waals surface area contributed by atoms with E-state index in [1.165, 1.54) is 141 Å². The number of ether oxygens (including phenoxy) is 3. The third kappa shape index (κ3) is 52.0. The largest absolute Gasteiger partial charge is 0.462 e. The Hall–Kier alpha value is -2.66. The molecule has 0 radical (unpaired) electrons. The standard InChI is InChI=1S/C59H104O5/c1-4-7-10-13-16-19-22-25-28-30-32-34-37-40-43-46-49-52-58(60)63-56-57(55-62-54-51-48-45-42-39-36-33-29-26-23-20-17-14-11-8-5-2)64-59(61)53-50-47-44-41-38-35-31-27-24-21-18-15-12-9-6-3/h16,18-19,21,25,27-28,31-32,34,38,41,57H,4-15,17,20,22-24,26,29-30,33,35-37,39-40,42-56H2,1-3H3/b19-16-,21-18-,28-25-,31-27-,34-32-,41-38-/t57-/m1/s1. The smallest absolute Gasteiger partial charge is 0.306 e. The van der Waals surface area contributed by atoms with Gasteiger partial charge >= 0.3 is 11.9 Å². The first kappa shape index (κ1) is 61.3. The third-order valence-corrected chi connectivity index (χ3v) is 11.7. The molecule has 0 N–H and O–H groups in total. The molecule has 0 bridgehead atoms. The molecule has 5 heteroatoms. The van der Waals surface area contributed by atoms with Gasteiger partial charge in [0.15, 0.2) is 6.10 Å². The summed E-state index contributed by atoms with van der Waals surface area (Å²) in [4.78, 5) is 25.4. The Balaban J connectivity index is 4.36. The Kier molecular flexibility index (Phi) is 52.4. The fourth-order valence-electron chi connectivity index (χ4n) is 7.58. The van der Waals surface area contributed by atoms with Gasteiger partial charge in [-0.3, -0.25) is 9.59 Å². The molecule has 0 unspecified atom stereocenters. The van der Waals surface area contributed by atoms with Crippen molar-refractivity contribution in [2.45, 2.75) is 271 Å². The van der Waals surface area contributed by atoms with Crippen LogP contribution in [-0.2, 0) is 23.8 Å². The molecule has 0 aromatic heterocycles. The van der Waals surface area contributed by atoms with E-state index in [-0.39, 0.29) is 25.2 Å². The van der Waals surface area contributed by atoms with Gasteiger partial charge in [-0.1, -0.05) is 229 Å². The molecule has 0 aliphatic heterocycles. The third-order valence-electron chi connectivity index (χ3n) is 11.7. The van der Waals surface area contributed by atoms with Crippen LogP contribution in [0.25, 0.3) is 0 Å². The highest BCUT2D eigenvalue weighted by Gasteiger charge is 2.17. The topological polar surface area (TPSA) is 61.8 Å². The van der Waals surface area contributed by atoms with Crippen molar-refractivity contribution in [3.8, 4) is 0 Å². The van der Waals surface area contributed by atoms with Crippen molar-refractivity contribution in [1.29, 1.82) is 0 Å². The fraction of sp³-hybridized carbons (Fsp3) is 0.763. The van der Waals surface area contributed by atoms with E-state index in [0.717, 1.165) is 89.9 Å². The van der Waals surface area contributed by atoms with Crippen LogP contribution in [-0.4, -0.2) is 37.9 Å². The van der Waals surface area contributed by atoms with Crippen LogP contribution in [0.1, 0.15) is 265 Å². The van der Waals surface area contributed by atoms with Crippen molar-refractivity contribution in [2.24, 2.45) is 0 Å². The zero-order valence-electron chi connectivity index (χ0n) is 42.5. The van der Waals surface area contributed by atoms with Gasteiger partial charge in [0.2, 0.25) is 0 Å². The molecule has 0 rings (SSSR count). The molecule has 0 aliphatic rings. The van der Waals surface area contributed by atoms with Gasteiger partial charge in [-0.2, -0.15) is 0 Å². The van der Waals surface area contributed by atoms with Crippen molar-refractivity contribution in [1.82, 2.24) is 0 Å². The minimum atomic E-state index is -0.566. The van der Waals surface area contributed by atoms with Gasteiger partial charge < -0.3 is 14.2 Å². The summed E-state index contributed by atoms with van der Waals surface area (Å²) in [5, 5.41) is 0. The molecule has 1 atom stereocenters. The SMILES string of the molecule is CCCCC/C=C\C/C=C\C/C=C\CCCCCCC(=O)OC[C@@H](COCCCCCCCCCCCCCCCCCC)OC(=O)CCCC/C=C\C/C=C\C/C=C\CCCCC. The summed E-state index contributed by atoms with van der Waals surface area (Å²) in [6, 6.07) is 0. The maximum Gasteiger partial charge on any atom is 0.306 e. The molecule has 0 heterocycles. The van der Waals surface area contributed by atoms with Gasteiger partial charge in [-0.15, -0.1) is 0 Å². The second kappa shape index (κ2) is 54.7. The van der Waals surface area contributed by atoms with Gasteiger partial charge in [-0.25, -0.2) is 0 Å². The number of esters is 2. The normalized spacial score (nSPS) is 12.7. The van der Waals surface area contributed by atoms with Crippen LogP contribution in [0.15, 0.2) is 72.9 Å². The number of hydrogen-bond donors (Lipinski definition) is 0. The van der Waals surface area contributed by atoms with Crippen LogP contribution >= 0.6 is 0 Å². The van der Waals surface area contributed by atoms with Gasteiger partial charge in [0.1, 0.15) is 6.61 Å². The van der Waals surface area contributed by atoms with E-state index in [1.54, 1.807) is 0 Å². The first-order chi connectivity index (χ1) is 31.6. The van der Waals surface area contributed by atoms with Crippen molar-refractivity contribution >= 4 is 11.9 Å². The number of carbonyl (C=O) groups excluding carboxylic acids is 2. The van der Waals surface area contributed by atoms with E-state index < -0.39 is 6.10 Å². The molecule has 370 valence electrons. The molecule has 64 heavy (non-hydrogen) atoms. The Bertz CT molecular complexity index is 1150. The molecule has 0 spiro atoms. The van der Waals surface area contributed by atoms with Crippen LogP contribution in [0.4, 0.5) is 0 Å². The van der Waals surface area contributed by atoms with E-state index in [1.807, 2.05) is 0 Å². The van der Waals surface area contributed by atoms with Gasteiger partial charge in [-0.05, 0) is 96.3 Å². The summed E-state index contributed by atoms with van der Waals surface area (Å²) in [5.74, 6) is -0.459. The van der Waals surface area contributed by atoms with Crippen molar-refractivity contribution in [3.05, 3.63) is 72.9 Å². The van der Waals surface area contributed by atoms with Crippen molar-refractivity contribution in [2.75, 3.05) is 19.8 Å². The minimum Gasteiger partial charge on any atom is -0.462 e. The van der Waals surface area contributed by atoms with Crippen LogP contribution in [0.2, 0.25) is 0 Å². The Morgan fingerprint density at radius 1 is 0.344 bits per heavy atom. The number of hydrogen-bond acceptors (Lipinski definition) is 5. The lowest BCUT2D eigenvalue weighted by Crippen LogP contribution is -2.30. The van der Waals surface area contributed by atoms with Gasteiger partial charge in [0, 0.05) is 19.4 Å². The lowest BCUT2D eigenvalue weighted by molar-refractivity contribution is -0.163. The predicted molar refractivity (Wildman–Crippen MR) is 279 cm³/mol. The predicted octanol–water partition coefficient (Wildman–Crippen LogP) is 18.7. The highest BCUT2D eigenvalue weighted by atomic mass is 16.6. The Morgan fingerprint density at radius 3 is 1.11 bits per heavy atom. The van der Waals surface area contributed by atoms with Crippen molar-refractivity contribution < 1.29 is 23.8 Å². The fourth-order valence-corrected chi connectivity index (χ4v) is 7.58. The summed E-state index contributed by atoms with van der Waals surface area (Å²) < 4.78 is 17.4. The van der Waals surface area contributed by atoms with Crippen LogP contribution in [0.5, 0.6) is 0 Å². The van der Waals surface area contributed by atoms with Crippen molar-refractivity contribution in [3.63, 3.8) is 0 Å². The zero-order valence-corrected chi connectivity index (χ0v) is 42.5. The second-order valence-corrected chi connectivity index (χ2v) is 18.1. The maximum atomic E-state index is 12.8. The Morgan fingerprint density at radius 2 is 0.656 bits per heavy atom. The van der Waals surface area contributed by atoms with Crippen LogP contribution in [0, 0.1) is 0 Å². The number of rotatable bonds is 50. The summed E-state index contributed by atoms with van der Waals surface area (Å²) in [6.07, 6.45) is 70.6. The second-order valence-electron chi connectivity index (χ2n) is 18.1. The summed E-state index contributed by atoms with van der Waals surface area (Å²) >= 11 is 0. The molecule has 0 aliphatic carbocycles. The molecular formula is C59H104O5. The molecule has 0 aromatic rings. The minimum absolute atomic E-state index is 0.0585. The van der Waals surface area contributed by atoms with Gasteiger partial charge in [0.25, 0.3) is 0 Å². The zero-order chi connectivity index (χ0) is 46.3. The molecule has 0 saturated carbocycles. The summed E-state index contributed by atoms with van der Waals surface area (Å²) in [7, 11) is 0. The number of unbranched alkanes of at least 4 members (excludes halogenated alkanes) is 27. The average Bonchev–Trinajstić information content (AvgIpc) is 3.30. The van der Waals surface area contributed by atoms with Crippen LogP contribution < -0.4 is 0 Å². The molecule has 5 nitrogen and oxygen atoms in total.